The third-order valence-corrected chi connectivity index (χ3v) is 5.99. The molecule has 1 fully saturated rings. The second kappa shape index (κ2) is 7.90. The van der Waals surface area contributed by atoms with Gasteiger partial charge in [-0.3, -0.25) is 0 Å². The van der Waals surface area contributed by atoms with Crippen molar-refractivity contribution in [3.8, 4) is 0 Å². The number of aliphatic hydroxyl groups excluding tert-OH is 2. The van der Waals surface area contributed by atoms with Gasteiger partial charge in [0.05, 0.1) is 18.7 Å². The molecule has 2 heterocycles. The fourth-order valence-electron chi connectivity index (χ4n) is 4.52. The number of benzene rings is 2. The Bertz CT molecular complexity index is 957. The van der Waals surface area contributed by atoms with Crippen LogP contribution in [0.1, 0.15) is 29.5 Å². The Kier molecular flexibility index (Phi) is 5.33. The number of pyridine rings is 1. The number of aryl methyl sites for hydroxylation is 1. The van der Waals surface area contributed by atoms with Crippen molar-refractivity contribution in [1.82, 2.24) is 4.98 Å². The first-order chi connectivity index (χ1) is 13.6. The lowest BCUT2D eigenvalue weighted by molar-refractivity contribution is 0.105. The van der Waals surface area contributed by atoms with Crippen LogP contribution < -0.4 is 4.90 Å². The summed E-state index contributed by atoms with van der Waals surface area (Å²) in [6.45, 7) is 3.83. The Labute approximate surface area is 166 Å². The van der Waals surface area contributed by atoms with Gasteiger partial charge in [-0.2, -0.15) is 0 Å². The average Bonchev–Trinajstić information content (AvgIpc) is 2.74. The molecule has 1 saturated heterocycles. The van der Waals surface area contributed by atoms with E-state index < -0.39 is 0 Å². The molecular formula is C24H28N2O2. The zero-order chi connectivity index (χ0) is 19.6. The molecule has 3 aromatic rings. The van der Waals surface area contributed by atoms with Crippen molar-refractivity contribution in [2.45, 2.75) is 32.8 Å². The van der Waals surface area contributed by atoms with Crippen molar-refractivity contribution in [3.63, 3.8) is 0 Å². The van der Waals surface area contributed by atoms with Gasteiger partial charge in [-0.1, -0.05) is 48.5 Å². The zero-order valence-corrected chi connectivity index (χ0v) is 16.4. The summed E-state index contributed by atoms with van der Waals surface area (Å²) in [4.78, 5) is 7.22. The molecule has 4 heteroatoms. The molecule has 0 unspecified atom stereocenters. The summed E-state index contributed by atoms with van der Waals surface area (Å²) in [5.74, 6) is 0.856. The summed E-state index contributed by atoms with van der Waals surface area (Å²) < 4.78 is 0. The Morgan fingerprint density at radius 2 is 1.89 bits per heavy atom. The minimum Gasteiger partial charge on any atom is -0.396 e. The summed E-state index contributed by atoms with van der Waals surface area (Å²) in [5, 5.41) is 21.4. The van der Waals surface area contributed by atoms with E-state index in [2.05, 4.69) is 48.2 Å². The molecule has 1 aliphatic rings. The van der Waals surface area contributed by atoms with Gasteiger partial charge in [0.25, 0.3) is 0 Å². The highest BCUT2D eigenvalue weighted by Crippen LogP contribution is 2.37. The van der Waals surface area contributed by atoms with Gasteiger partial charge < -0.3 is 15.1 Å². The Morgan fingerprint density at radius 1 is 1.07 bits per heavy atom. The molecule has 1 aliphatic heterocycles. The highest BCUT2D eigenvalue weighted by molar-refractivity contribution is 5.84. The molecule has 1 aromatic heterocycles. The average molecular weight is 377 g/mol. The number of aliphatic hydroxyl groups is 2. The molecular weight excluding hydrogens is 348 g/mol. The maximum atomic E-state index is 10.3. The van der Waals surface area contributed by atoms with E-state index in [1.165, 1.54) is 5.56 Å². The predicted octanol–water partition coefficient (Wildman–Crippen LogP) is 3.86. The van der Waals surface area contributed by atoms with E-state index in [1.54, 1.807) is 0 Å². The van der Waals surface area contributed by atoms with E-state index in [9.17, 15) is 10.2 Å². The molecule has 2 N–H and O–H groups in total. The molecule has 0 aliphatic carbocycles. The Hall–Kier alpha value is -2.43. The molecule has 0 saturated carbocycles. The number of para-hydroxylation sites is 1. The van der Waals surface area contributed by atoms with Crippen LogP contribution in [0.2, 0.25) is 0 Å². The van der Waals surface area contributed by atoms with Crippen LogP contribution >= 0.6 is 0 Å². The zero-order valence-electron chi connectivity index (χ0n) is 16.4. The fourth-order valence-corrected chi connectivity index (χ4v) is 4.52. The maximum absolute atomic E-state index is 10.3. The first kappa shape index (κ1) is 18.9. The normalized spacial score (nSPS) is 19.9. The van der Waals surface area contributed by atoms with Gasteiger partial charge in [0.2, 0.25) is 0 Å². The molecule has 28 heavy (non-hydrogen) atoms. The highest BCUT2D eigenvalue weighted by atomic mass is 16.3. The van der Waals surface area contributed by atoms with Crippen molar-refractivity contribution in [3.05, 3.63) is 71.3 Å². The summed E-state index contributed by atoms with van der Waals surface area (Å²) in [7, 11) is 0. The van der Waals surface area contributed by atoms with Crippen molar-refractivity contribution < 1.29 is 10.2 Å². The number of anilines is 1. The lowest BCUT2D eigenvalue weighted by Crippen LogP contribution is -2.47. The standard InChI is InChI=1S/C24H28N2O2/c1-18-7-5-10-20-13-21(15-27)23(25-22(18)20)26-12-6-11-24(16-26,17-28)14-19-8-3-2-4-9-19/h2-5,7-10,13,27-28H,6,11-12,14-17H2,1H3/t24-/m0/s1. The highest BCUT2D eigenvalue weighted by Gasteiger charge is 2.36. The number of hydrogen-bond donors (Lipinski definition) is 2. The number of nitrogens with zero attached hydrogens (tertiary/aromatic N) is 2. The summed E-state index contributed by atoms with van der Waals surface area (Å²) in [6, 6.07) is 18.6. The molecule has 146 valence electrons. The van der Waals surface area contributed by atoms with Crippen LogP contribution in [0.4, 0.5) is 5.82 Å². The minimum absolute atomic E-state index is 0.0342. The van der Waals surface area contributed by atoms with Gasteiger partial charge in [0.1, 0.15) is 5.82 Å². The number of fused-ring (bicyclic) bond motifs is 1. The molecule has 0 amide bonds. The van der Waals surface area contributed by atoms with Gasteiger partial charge >= 0.3 is 0 Å². The number of aromatic nitrogens is 1. The minimum atomic E-state index is -0.186. The number of piperidine rings is 1. The van der Waals surface area contributed by atoms with Crippen LogP contribution in [0.5, 0.6) is 0 Å². The van der Waals surface area contributed by atoms with Gasteiger partial charge in [-0.25, -0.2) is 4.98 Å². The van der Waals surface area contributed by atoms with Crippen LogP contribution in [0.25, 0.3) is 10.9 Å². The predicted molar refractivity (Wildman–Crippen MR) is 114 cm³/mol. The van der Waals surface area contributed by atoms with Crippen molar-refractivity contribution in [1.29, 1.82) is 0 Å². The van der Waals surface area contributed by atoms with E-state index >= 15 is 0 Å². The van der Waals surface area contributed by atoms with Crippen LogP contribution in [-0.4, -0.2) is 34.9 Å². The van der Waals surface area contributed by atoms with Crippen molar-refractivity contribution in [2.24, 2.45) is 5.41 Å². The summed E-state index contributed by atoms with van der Waals surface area (Å²) >= 11 is 0. The van der Waals surface area contributed by atoms with E-state index in [0.29, 0.717) is 0 Å². The van der Waals surface area contributed by atoms with Crippen molar-refractivity contribution >= 4 is 16.7 Å². The monoisotopic (exact) mass is 376 g/mol. The molecule has 2 aromatic carbocycles. The molecule has 0 radical (unpaired) electrons. The van der Waals surface area contributed by atoms with Crippen molar-refractivity contribution in [2.75, 3.05) is 24.6 Å². The van der Waals surface area contributed by atoms with Crippen LogP contribution in [0.3, 0.4) is 0 Å². The van der Waals surface area contributed by atoms with Gasteiger partial charge in [0.15, 0.2) is 0 Å². The van der Waals surface area contributed by atoms with Crippen LogP contribution in [0, 0.1) is 12.3 Å². The Morgan fingerprint density at radius 3 is 2.64 bits per heavy atom. The third-order valence-electron chi connectivity index (χ3n) is 5.99. The van der Waals surface area contributed by atoms with E-state index in [-0.39, 0.29) is 18.6 Å². The van der Waals surface area contributed by atoms with E-state index in [1.807, 2.05) is 18.2 Å². The molecule has 0 spiro atoms. The Balaban J connectivity index is 1.69. The SMILES string of the molecule is Cc1cccc2cc(CO)c(N3CCC[C@](CO)(Cc4ccccc4)C3)nc12. The summed E-state index contributed by atoms with van der Waals surface area (Å²) in [6.07, 6.45) is 2.85. The quantitative estimate of drug-likeness (QED) is 0.710. The lowest BCUT2D eigenvalue weighted by Gasteiger charge is -2.43. The second-order valence-electron chi connectivity index (χ2n) is 8.12. The first-order valence-electron chi connectivity index (χ1n) is 10.0. The van der Waals surface area contributed by atoms with E-state index in [0.717, 1.165) is 60.2 Å². The number of hydrogen-bond acceptors (Lipinski definition) is 4. The fraction of sp³-hybridized carbons (Fsp3) is 0.375. The smallest absolute Gasteiger partial charge is 0.134 e. The third kappa shape index (κ3) is 3.62. The first-order valence-corrected chi connectivity index (χ1v) is 10.0. The van der Waals surface area contributed by atoms with Gasteiger partial charge in [0, 0.05) is 29.5 Å². The lowest BCUT2D eigenvalue weighted by atomic mass is 9.75. The second-order valence-corrected chi connectivity index (χ2v) is 8.12. The summed E-state index contributed by atoms with van der Waals surface area (Å²) in [5.41, 5.74) is 4.04. The van der Waals surface area contributed by atoms with E-state index in [4.69, 9.17) is 4.98 Å². The number of rotatable bonds is 5. The van der Waals surface area contributed by atoms with Crippen LogP contribution in [0.15, 0.2) is 54.6 Å². The van der Waals surface area contributed by atoms with Gasteiger partial charge in [-0.05, 0) is 43.4 Å². The van der Waals surface area contributed by atoms with Gasteiger partial charge in [-0.15, -0.1) is 0 Å². The molecule has 0 bridgehead atoms. The molecule has 4 rings (SSSR count). The topological polar surface area (TPSA) is 56.6 Å². The molecule has 4 nitrogen and oxygen atoms in total. The maximum Gasteiger partial charge on any atom is 0.134 e. The molecule has 1 atom stereocenters. The largest absolute Gasteiger partial charge is 0.396 e. The van der Waals surface area contributed by atoms with Crippen LogP contribution in [-0.2, 0) is 13.0 Å².